The Labute approximate surface area is 105 Å². The van der Waals surface area contributed by atoms with E-state index in [9.17, 15) is 8.78 Å². The molecule has 0 bridgehead atoms. The summed E-state index contributed by atoms with van der Waals surface area (Å²) in [7, 11) is 1.77. The molecule has 0 aliphatic rings. The first-order valence-electron chi connectivity index (χ1n) is 5.81. The molecule has 0 amide bonds. The molecule has 0 unspecified atom stereocenters. The molecule has 4 heteroatoms. The van der Waals surface area contributed by atoms with Crippen molar-refractivity contribution in [3.05, 3.63) is 35.4 Å². The summed E-state index contributed by atoms with van der Waals surface area (Å²) in [6.07, 6.45) is 0. The lowest BCUT2D eigenvalue weighted by Gasteiger charge is -2.22. The SMILES string of the molecule is CNc1nc2cc(F)c(F)cc2cc1C(C)(C)C. The highest BCUT2D eigenvalue weighted by atomic mass is 19.2. The Hall–Kier alpha value is -1.71. The summed E-state index contributed by atoms with van der Waals surface area (Å²) in [5.41, 5.74) is 1.31. The van der Waals surface area contributed by atoms with Gasteiger partial charge in [0.25, 0.3) is 0 Å². The van der Waals surface area contributed by atoms with Gasteiger partial charge in [-0.1, -0.05) is 20.8 Å². The molecule has 0 radical (unpaired) electrons. The van der Waals surface area contributed by atoms with Crippen molar-refractivity contribution >= 4 is 16.7 Å². The van der Waals surface area contributed by atoms with Crippen LogP contribution in [0, 0.1) is 11.6 Å². The number of nitrogens with zero attached hydrogens (tertiary/aromatic N) is 1. The fourth-order valence-corrected chi connectivity index (χ4v) is 1.93. The van der Waals surface area contributed by atoms with E-state index in [0.717, 1.165) is 11.6 Å². The summed E-state index contributed by atoms with van der Waals surface area (Å²) in [6, 6.07) is 4.17. The quantitative estimate of drug-likeness (QED) is 0.831. The van der Waals surface area contributed by atoms with Crippen molar-refractivity contribution in [2.75, 3.05) is 12.4 Å². The summed E-state index contributed by atoms with van der Waals surface area (Å²) in [6.45, 7) is 6.16. The third kappa shape index (κ3) is 2.15. The minimum Gasteiger partial charge on any atom is -0.373 e. The highest BCUT2D eigenvalue weighted by Crippen LogP contribution is 2.31. The monoisotopic (exact) mass is 250 g/mol. The van der Waals surface area contributed by atoms with Crippen LogP contribution < -0.4 is 5.32 Å². The number of halogens is 2. The average molecular weight is 250 g/mol. The average Bonchev–Trinajstić information content (AvgIpc) is 2.28. The topological polar surface area (TPSA) is 24.9 Å². The number of rotatable bonds is 1. The molecule has 0 saturated carbocycles. The smallest absolute Gasteiger partial charge is 0.161 e. The van der Waals surface area contributed by atoms with Crippen molar-refractivity contribution in [1.82, 2.24) is 4.98 Å². The van der Waals surface area contributed by atoms with Crippen molar-refractivity contribution in [3.8, 4) is 0 Å². The number of nitrogens with one attached hydrogen (secondary N) is 1. The predicted octanol–water partition coefficient (Wildman–Crippen LogP) is 3.85. The molecule has 2 rings (SSSR count). The van der Waals surface area contributed by atoms with Crippen LogP contribution in [0.25, 0.3) is 10.9 Å². The summed E-state index contributed by atoms with van der Waals surface area (Å²) < 4.78 is 26.4. The maximum Gasteiger partial charge on any atom is 0.161 e. The van der Waals surface area contributed by atoms with Gasteiger partial charge in [0.1, 0.15) is 5.82 Å². The van der Waals surface area contributed by atoms with E-state index in [0.29, 0.717) is 16.7 Å². The lowest BCUT2D eigenvalue weighted by atomic mass is 9.86. The van der Waals surface area contributed by atoms with E-state index >= 15 is 0 Å². The van der Waals surface area contributed by atoms with Crippen LogP contribution in [0.5, 0.6) is 0 Å². The van der Waals surface area contributed by atoms with Gasteiger partial charge in [-0.3, -0.25) is 0 Å². The number of anilines is 1. The number of hydrogen-bond donors (Lipinski definition) is 1. The van der Waals surface area contributed by atoms with Crippen molar-refractivity contribution in [3.63, 3.8) is 0 Å². The Morgan fingerprint density at radius 2 is 1.67 bits per heavy atom. The van der Waals surface area contributed by atoms with E-state index < -0.39 is 11.6 Å². The van der Waals surface area contributed by atoms with Crippen LogP contribution in [0.2, 0.25) is 0 Å². The van der Waals surface area contributed by atoms with E-state index in [1.54, 1.807) is 7.05 Å². The molecule has 2 aromatic rings. The first-order valence-corrected chi connectivity index (χ1v) is 5.81. The van der Waals surface area contributed by atoms with Crippen molar-refractivity contribution in [1.29, 1.82) is 0 Å². The van der Waals surface area contributed by atoms with Crippen LogP contribution in [0.1, 0.15) is 26.3 Å². The fraction of sp³-hybridized carbons (Fsp3) is 0.357. The maximum atomic E-state index is 13.2. The molecule has 0 spiro atoms. The lowest BCUT2D eigenvalue weighted by molar-refractivity contribution is 0.510. The van der Waals surface area contributed by atoms with Gasteiger partial charge in [-0.05, 0) is 17.5 Å². The van der Waals surface area contributed by atoms with E-state index in [1.807, 2.05) is 6.07 Å². The molecular formula is C14H16F2N2. The molecule has 1 N–H and O–H groups in total. The molecule has 0 saturated heterocycles. The Bertz CT molecular complexity index is 601. The van der Waals surface area contributed by atoms with Crippen LogP contribution in [0.4, 0.5) is 14.6 Å². The first-order chi connectivity index (χ1) is 8.32. The second-order valence-electron chi connectivity index (χ2n) is 5.34. The molecule has 0 atom stereocenters. The minimum atomic E-state index is -0.874. The standard InChI is InChI=1S/C14H16F2N2/c1-14(2,3)9-5-8-6-10(15)11(16)7-12(8)18-13(9)17-4/h5-7H,1-4H3,(H,17,18). The fourth-order valence-electron chi connectivity index (χ4n) is 1.93. The van der Waals surface area contributed by atoms with Crippen LogP contribution >= 0.6 is 0 Å². The third-order valence-corrected chi connectivity index (χ3v) is 2.90. The Balaban J connectivity index is 2.77. The second kappa shape index (κ2) is 4.19. The molecule has 1 heterocycles. The molecular weight excluding hydrogens is 234 g/mol. The Morgan fingerprint density at radius 1 is 1.06 bits per heavy atom. The van der Waals surface area contributed by atoms with Gasteiger partial charge in [-0.2, -0.15) is 0 Å². The number of fused-ring (bicyclic) bond motifs is 1. The van der Waals surface area contributed by atoms with Crippen LogP contribution in [0.3, 0.4) is 0 Å². The van der Waals surface area contributed by atoms with Gasteiger partial charge < -0.3 is 5.32 Å². The van der Waals surface area contributed by atoms with Crippen LogP contribution in [-0.4, -0.2) is 12.0 Å². The van der Waals surface area contributed by atoms with Crippen molar-refractivity contribution < 1.29 is 8.78 Å². The summed E-state index contributed by atoms with van der Waals surface area (Å²) in [5, 5.41) is 3.61. The number of hydrogen-bond acceptors (Lipinski definition) is 2. The number of pyridine rings is 1. The van der Waals surface area contributed by atoms with Gasteiger partial charge >= 0.3 is 0 Å². The van der Waals surface area contributed by atoms with Gasteiger partial charge in [-0.25, -0.2) is 13.8 Å². The molecule has 1 aromatic carbocycles. The zero-order valence-corrected chi connectivity index (χ0v) is 10.9. The summed E-state index contributed by atoms with van der Waals surface area (Å²) in [4.78, 5) is 4.34. The normalized spacial score (nSPS) is 11.9. The molecule has 96 valence electrons. The molecule has 18 heavy (non-hydrogen) atoms. The largest absolute Gasteiger partial charge is 0.373 e. The lowest BCUT2D eigenvalue weighted by Crippen LogP contribution is -2.15. The molecule has 2 nitrogen and oxygen atoms in total. The number of aromatic nitrogens is 1. The highest BCUT2D eigenvalue weighted by molar-refractivity contribution is 5.82. The van der Waals surface area contributed by atoms with Gasteiger partial charge in [-0.15, -0.1) is 0 Å². The second-order valence-corrected chi connectivity index (χ2v) is 5.34. The molecule has 1 aromatic heterocycles. The summed E-state index contributed by atoms with van der Waals surface area (Å²) >= 11 is 0. The van der Waals surface area contributed by atoms with Crippen LogP contribution in [0.15, 0.2) is 18.2 Å². The predicted molar refractivity (Wildman–Crippen MR) is 69.9 cm³/mol. The molecule has 0 fully saturated rings. The first kappa shape index (κ1) is 12.7. The number of benzene rings is 1. The van der Waals surface area contributed by atoms with E-state index in [-0.39, 0.29) is 5.41 Å². The van der Waals surface area contributed by atoms with Crippen molar-refractivity contribution in [2.45, 2.75) is 26.2 Å². The maximum absolute atomic E-state index is 13.2. The van der Waals surface area contributed by atoms with Gasteiger partial charge in [0.05, 0.1) is 5.52 Å². The van der Waals surface area contributed by atoms with E-state index in [4.69, 9.17) is 0 Å². The van der Waals surface area contributed by atoms with E-state index in [1.165, 1.54) is 6.07 Å². The molecule has 0 aliphatic heterocycles. The Morgan fingerprint density at radius 3 is 2.22 bits per heavy atom. The van der Waals surface area contributed by atoms with Crippen molar-refractivity contribution in [2.24, 2.45) is 0 Å². The minimum absolute atomic E-state index is 0.121. The van der Waals surface area contributed by atoms with Crippen LogP contribution in [-0.2, 0) is 5.41 Å². The molecule has 0 aliphatic carbocycles. The van der Waals surface area contributed by atoms with Gasteiger partial charge in [0.2, 0.25) is 0 Å². The third-order valence-electron chi connectivity index (χ3n) is 2.90. The zero-order valence-electron chi connectivity index (χ0n) is 10.9. The zero-order chi connectivity index (χ0) is 13.5. The Kier molecular flexibility index (Phi) is 2.97. The summed E-state index contributed by atoms with van der Waals surface area (Å²) in [5.74, 6) is -1.03. The van der Waals surface area contributed by atoms with Gasteiger partial charge in [0, 0.05) is 24.1 Å². The highest BCUT2D eigenvalue weighted by Gasteiger charge is 2.20. The van der Waals surface area contributed by atoms with Gasteiger partial charge in [0.15, 0.2) is 11.6 Å². The van der Waals surface area contributed by atoms with E-state index in [2.05, 4.69) is 31.1 Å².